The number of benzene rings is 1. The summed E-state index contributed by atoms with van der Waals surface area (Å²) in [6.45, 7) is 6.89. The van der Waals surface area contributed by atoms with Gasteiger partial charge in [-0.2, -0.15) is 0 Å². The molecule has 3 nitrogen and oxygen atoms in total. The van der Waals surface area contributed by atoms with E-state index < -0.39 is 5.82 Å². The summed E-state index contributed by atoms with van der Waals surface area (Å²) in [6.07, 6.45) is 1.03. The quantitative estimate of drug-likeness (QED) is 0.805. The number of carbonyl (C=O) groups excluding carboxylic acids is 1. The van der Waals surface area contributed by atoms with E-state index in [-0.39, 0.29) is 17.1 Å². The van der Waals surface area contributed by atoms with E-state index in [9.17, 15) is 14.3 Å². The van der Waals surface area contributed by atoms with Gasteiger partial charge in [-0.05, 0) is 45.0 Å². The first kappa shape index (κ1) is 15.6. The number of phenolic OH excluding ortho intramolecular Hbond substituents is 1. The van der Waals surface area contributed by atoms with Crippen molar-refractivity contribution in [3.63, 3.8) is 0 Å². The van der Waals surface area contributed by atoms with Gasteiger partial charge in [0.05, 0.1) is 5.56 Å². The van der Waals surface area contributed by atoms with Crippen molar-refractivity contribution in [3.05, 3.63) is 29.1 Å². The van der Waals surface area contributed by atoms with Gasteiger partial charge in [-0.25, -0.2) is 4.39 Å². The number of Topliss-reactive ketones (excluding diaryl/α,β-unsaturated/α-hetero) is 1. The molecule has 0 aliphatic heterocycles. The van der Waals surface area contributed by atoms with Crippen LogP contribution in [0.15, 0.2) is 12.1 Å². The predicted molar refractivity (Wildman–Crippen MR) is 73.9 cm³/mol. The Hall–Kier alpha value is -1.42. The summed E-state index contributed by atoms with van der Waals surface area (Å²) in [7, 11) is 1.92. The Kier molecular flexibility index (Phi) is 5.48. The Morgan fingerprint density at radius 2 is 2.05 bits per heavy atom. The van der Waals surface area contributed by atoms with Gasteiger partial charge in [0, 0.05) is 12.1 Å². The lowest BCUT2D eigenvalue weighted by Crippen LogP contribution is -2.20. The predicted octanol–water partition coefficient (Wildman–Crippen LogP) is 3.21. The van der Waals surface area contributed by atoms with E-state index in [1.807, 2.05) is 11.9 Å². The minimum atomic E-state index is -0.491. The van der Waals surface area contributed by atoms with Crippen molar-refractivity contribution >= 4 is 5.78 Å². The normalized spacial score (nSPS) is 11.3. The highest BCUT2D eigenvalue weighted by Crippen LogP contribution is 2.25. The highest BCUT2D eigenvalue weighted by atomic mass is 19.1. The molecule has 0 fully saturated rings. The van der Waals surface area contributed by atoms with Crippen molar-refractivity contribution in [2.75, 3.05) is 13.6 Å². The zero-order valence-electron chi connectivity index (χ0n) is 12.0. The van der Waals surface area contributed by atoms with Gasteiger partial charge in [0.25, 0.3) is 0 Å². The molecule has 0 amide bonds. The Labute approximate surface area is 114 Å². The van der Waals surface area contributed by atoms with E-state index in [1.54, 1.807) is 0 Å². The van der Waals surface area contributed by atoms with Crippen LogP contribution in [0.25, 0.3) is 0 Å². The second-order valence-electron chi connectivity index (χ2n) is 5.44. The SMILES string of the molecule is CC(=O)c1cc(F)cc(CN(C)CCC(C)C)c1O. The number of phenols is 1. The second kappa shape index (κ2) is 6.66. The molecule has 19 heavy (non-hydrogen) atoms. The third-order valence-electron chi connectivity index (χ3n) is 3.06. The highest BCUT2D eigenvalue weighted by Gasteiger charge is 2.15. The molecular weight excluding hydrogens is 245 g/mol. The van der Waals surface area contributed by atoms with Crippen LogP contribution in [-0.2, 0) is 6.54 Å². The Balaban J connectivity index is 2.86. The maximum Gasteiger partial charge on any atom is 0.163 e. The van der Waals surface area contributed by atoms with Crippen molar-refractivity contribution in [2.45, 2.75) is 33.7 Å². The number of halogens is 1. The van der Waals surface area contributed by atoms with Crippen LogP contribution in [0, 0.1) is 11.7 Å². The average Bonchev–Trinajstić information content (AvgIpc) is 2.30. The highest BCUT2D eigenvalue weighted by molar-refractivity contribution is 5.97. The van der Waals surface area contributed by atoms with Crippen molar-refractivity contribution in [3.8, 4) is 5.75 Å². The van der Waals surface area contributed by atoms with Crippen LogP contribution in [0.2, 0.25) is 0 Å². The summed E-state index contributed by atoms with van der Waals surface area (Å²) in [4.78, 5) is 13.3. The molecule has 0 unspecified atom stereocenters. The van der Waals surface area contributed by atoms with Crippen molar-refractivity contribution < 1.29 is 14.3 Å². The lowest BCUT2D eigenvalue weighted by atomic mass is 10.0. The molecule has 1 aromatic rings. The van der Waals surface area contributed by atoms with E-state index in [4.69, 9.17) is 0 Å². The van der Waals surface area contributed by atoms with Gasteiger partial charge >= 0.3 is 0 Å². The Morgan fingerprint density at radius 3 is 2.58 bits per heavy atom. The van der Waals surface area contributed by atoms with Gasteiger partial charge in [0.2, 0.25) is 0 Å². The molecular formula is C15H22FNO2. The zero-order chi connectivity index (χ0) is 14.6. The zero-order valence-corrected chi connectivity index (χ0v) is 12.0. The molecule has 0 heterocycles. The van der Waals surface area contributed by atoms with Crippen LogP contribution in [0.5, 0.6) is 5.75 Å². The fourth-order valence-corrected chi connectivity index (χ4v) is 1.89. The largest absolute Gasteiger partial charge is 0.507 e. The number of rotatable bonds is 6. The first-order valence-electron chi connectivity index (χ1n) is 6.52. The molecule has 1 aromatic carbocycles. The molecule has 4 heteroatoms. The summed E-state index contributed by atoms with van der Waals surface area (Å²) in [5, 5.41) is 10.00. The maximum atomic E-state index is 13.5. The Morgan fingerprint density at radius 1 is 1.42 bits per heavy atom. The molecule has 0 saturated carbocycles. The number of carbonyl (C=O) groups is 1. The van der Waals surface area contributed by atoms with Gasteiger partial charge < -0.3 is 10.0 Å². The Bertz CT molecular complexity index is 458. The summed E-state index contributed by atoms with van der Waals surface area (Å²) in [5.41, 5.74) is 0.503. The molecule has 0 aliphatic rings. The van der Waals surface area contributed by atoms with Crippen LogP contribution in [0.4, 0.5) is 4.39 Å². The molecule has 1 N–H and O–H groups in total. The first-order valence-corrected chi connectivity index (χ1v) is 6.52. The van der Waals surface area contributed by atoms with E-state index in [0.717, 1.165) is 19.0 Å². The van der Waals surface area contributed by atoms with Crippen molar-refractivity contribution in [1.29, 1.82) is 0 Å². The second-order valence-corrected chi connectivity index (χ2v) is 5.44. The van der Waals surface area contributed by atoms with Crippen LogP contribution in [0.3, 0.4) is 0 Å². The van der Waals surface area contributed by atoms with Crippen LogP contribution in [0.1, 0.15) is 43.1 Å². The maximum absolute atomic E-state index is 13.5. The number of aromatic hydroxyl groups is 1. The minimum absolute atomic E-state index is 0.0484. The summed E-state index contributed by atoms with van der Waals surface area (Å²) in [5.74, 6) is -0.333. The number of ketones is 1. The number of hydrogen-bond acceptors (Lipinski definition) is 3. The molecule has 0 spiro atoms. The van der Waals surface area contributed by atoms with Crippen LogP contribution < -0.4 is 0 Å². The molecule has 0 aromatic heterocycles. The smallest absolute Gasteiger partial charge is 0.163 e. The molecule has 0 atom stereocenters. The molecule has 0 aliphatic carbocycles. The fraction of sp³-hybridized carbons (Fsp3) is 0.533. The first-order chi connectivity index (χ1) is 8.81. The average molecular weight is 267 g/mol. The van der Waals surface area contributed by atoms with Gasteiger partial charge in [-0.3, -0.25) is 4.79 Å². The number of nitrogens with zero attached hydrogens (tertiary/aromatic N) is 1. The third-order valence-corrected chi connectivity index (χ3v) is 3.06. The van der Waals surface area contributed by atoms with Gasteiger partial charge in [-0.1, -0.05) is 13.8 Å². The van der Waals surface area contributed by atoms with Gasteiger partial charge in [0.1, 0.15) is 11.6 Å². The topological polar surface area (TPSA) is 40.5 Å². The molecule has 1 rings (SSSR count). The molecule has 0 bridgehead atoms. The van der Waals surface area contributed by atoms with Gasteiger partial charge in [0.15, 0.2) is 5.78 Å². The van der Waals surface area contributed by atoms with Crippen LogP contribution >= 0.6 is 0 Å². The van der Waals surface area contributed by atoms with Crippen LogP contribution in [-0.4, -0.2) is 29.4 Å². The summed E-state index contributed by atoms with van der Waals surface area (Å²) < 4.78 is 13.5. The summed E-state index contributed by atoms with van der Waals surface area (Å²) in [6, 6.07) is 2.36. The fourth-order valence-electron chi connectivity index (χ4n) is 1.89. The molecule has 0 saturated heterocycles. The van der Waals surface area contributed by atoms with E-state index in [0.29, 0.717) is 18.0 Å². The van der Waals surface area contributed by atoms with E-state index in [1.165, 1.54) is 13.0 Å². The lowest BCUT2D eigenvalue weighted by molar-refractivity contribution is 0.101. The van der Waals surface area contributed by atoms with E-state index >= 15 is 0 Å². The lowest BCUT2D eigenvalue weighted by Gasteiger charge is -2.19. The van der Waals surface area contributed by atoms with Gasteiger partial charge in [-0.15, -0.1) is 0 Å². The van der Waals surface area contributed by atoms with E-state index in [2.05, 4.69) is 13.8 Å². The third kappa shape index (κ3) is 4.63. The van der Waals surface area contributed by atoms with Crippen molar-refractivity contribution in [1.82, 2.24) is 4.90 Å². The monoisotopic (exact) mass is 267 g/mol. The molecule has 0 radical (unpaired) electrons. The number of hydrogen-bond donors (Lipinski definition) is 1. The standard InChI is InChI=1S/C15H22FNO2/c1-10(2)5-6-17(4)9-12-7-13(16)8-14(11(3)18)15(12)19/h7-8,10,19H,5-6,9H2,1-4H3. The molecule has 106 valence electrons. The minimum Gasteiger partial charge on any atom is -0.507 e. The summed E-state index contributed by atoms with van der Waals surface area (Å²) >= 11 is 0. The van der Waals surface area contributed by atoms with Crippen molar-refractivity contribution in [2.24, 2.45) is 5.92 Å².